The Labute approximate surface area is 289 Å². The number of carbonyl (C=O) groups is 1. The van der Waals surface area contributed by atoms with Gasteiger partial charge in [-0.25, -0.2) is 13.8 Å². The molecule has 4 rings (SSSR count). The van der Waals surface area contributed by atoms with Crippen molar-refractivity contribution in [2.24, 2.45) is 17.6 Å². The molecule has 8 nitrogen and oxygen atoms in total. The minimum absolute atomic E-state index is 0. The monoisotopic (exact) mass is 612 g/mol. The van der Waals surface area contributed by atoms with E-state index in [4.69, 9.17) is 10.5 Å². The average Bonchev–Trinajstić information content (AvgIpc) is 3.81. The van der Waals surface area contributed by atoms with Crippen LogP contribution in [0.4, 0.5) is 20.3 Å². The van der Waals surface area contributed by atoms with Crippen LogP contribution in [0.2, 0.25) is 0 Å². The van der Waals surface area contributed by atoms with E-state index in [2.05, 4.69) is 39.4 Å². The van der Waals surface area contributed by atoms with E-state index in [0.29, 0.717) is 53.2 Å². The van der Waals surface area contributed by atoms with Crippen LogP contribution in [0.25, 0.3) is 16.4 Å². The third-order valence-corrected chi connectivity index (χ3v) is 7.57. The summed E-state index contributed by atoms with van der Waals surface area (Å²) in [4.78, 5) is 22.9. The van der Waals surface area contributed by atoms with Crippen LogP contribution in [0.3, 0.4) is 0 Å². The molecule has 0 spiro atoms. The van der Waals surface area contributed by atoms with E-state index < -0.39 is 17.6 Å². The molecule has 0 aromatic carbocycles. The van der Waals surface area contributed by atoms with Gasteiger partial charge >= 0.3 is 51.4 Å². The maximum absolute atomic E-state index is 13.6. The number of methoxy groups -OCH3 is 1. The van der Waals surface area contributed by atoms with Crippen molar-refractivity contribution in [2.75, 3.05) is 25.6 Å². The van der Waals surface area contributed by atoms with Gasteiger partial charge in [0, 0.05) is 30.6 Å². The van der Waals surface area contributed by atoms with Crippen molar-refractivity contribution in [3.05, 3.63) is 35.5 Å². The molecule has 1 aliphatic carbocycles. The van der Waals surface area contributed by atoms with E-state index in [-0.39, 0.29) is 62.7 Å². The van der Waals surface area contributed by atoms with Crippen molar-refractivity contribution in [1.29, 1.82) is 0 Å². The number of pyridine rings is 2. The number of nitrogens with two attached hydrogens (primary N) is 1. The maximum Gasteiger partial charge on any atom is 1.00 e. The van der Waals surface area contributed by atoms with Gasteiger partial charge in [-0.1, -0.05) is 32.6 Å². The molecule has 0 radical (unpaired) electrons. The van der Waals surface area contributed by atoms with Crippen molar-refractivity contribution in [2.45, 2.75) is 70.2 Å². The van der Waals surface area contributed by atoms with Gasteiger partial charge in [0.2, 0.25) is 5.91 Å². The fourth-order valence-corrected chi connectivity index (χ4v) is 4.85. The third-order valence-electron chi connectivity index (χ3n) is 6.56. The summed E-state index contributed by atoms with van der Waals surface area (Å²) in [5.74, 6) is 8.00. The normalized spacial score (nSPS) is 18.1. The molecule has 3 heterocycles. The van der Waals surface area contributed by atoms with E-state index in [9.17, 15) is 13.6 Å². The van der Waals surface area contributed by atoms with Gasteiger partial charge in [0.15, 0.2) is 0 Å². The summed E-state index contributed by atoms with van der Waals surface area (Å²) in [6.07, 6.45) is 4.35. The van der Waals surface area contributed by atoms with Gasteiger partial charge in [-0.3, -0.25) is 20.0 Å². The number of nitrogens with one attached hydrogen (secondary N) is 1. The molecule has 12 heteroatoms. The van der Waals surface area contributed by atoms with Gasteiger partial charge in [-0.2, -0.15) is 0 Å². The smallest absolute Gasteiger partial charge is 0.660 e. The molecule has 2 aromatic rings. The molecule has 1 saturated carbocycles. The number of hydrogen-bond donors (Lipinski definition) is 2. The SMILES string of the molecule is CC.CNC(C#CC1CC1)SC(N)[N-]c1cnc(N2CCC(C)CCC2=O)cc1-c1cc(C(F)F)ncc1OC.[K+]. The zero-order valence-corrected chi connectivity index (χ0v) is 28.7. The number of aromatic nitrogens is 2. The molecule has 2 fully saturated rings. The maximum atomic E-state index is 13.6. The number of nitrogens with zero attached hydrogens (tertiary/aromatic N) is 4. The van der Waals surface area contributed by atoms with Crippen LogP contribution >= 0.6 is 11.8 Å². The van der Waals surface area contributed by atoms with Gasteiger partial charge in [0.1, 0.15) is 22.6 Å². The number of alkyl halides is 2. The Kier molecular flexibility index (Phi) is 15.5. The number of carbonyl (C=O) groups excluding carboxylic acids is 1. The quantitative estimate of drug-likeness (QED) is 0.255. The van der Waals surface area contributed by atoms with Gasteiger partial charge < -0.3 is 15.8 Å². The summed E-state index contributed by atoms with van der Waals surface area (Å²) in [7, 11) is 3.25. The number of thioether (sulfide) groups is 1. The number of ether oxygens (including phenoxy) is 1. The first-order valence-corrected chi connectivity index (χ1v) is 14.7. The van der Waals surface area contributed by atoms with Crippen molar-refractivity contribution in [3.8, 4) is 28.7 Å². The van der Waals surface area contributed by atoms with E-state index in [1.807, 2.05) is 13.8 Å². The zero-order chi connectivity index (χ0) is 29.2. The summed E-state index contributed by atoms with van der Waals surface area (Å²) >= 11 is 1.34. The number of rotatable bonds is 9. The second-order valence-electron chi connectivity index (χ2n) is 9.54. The van der Waals surface area contributed by atoms with Crippen LogP contribution in [-0.4, -0.2) is 47.4 Å². The predicted molar refractivity (Wildman–Crippen MR) is 158 cm³/mol. The molecular formula is C29H39F2KN6O2S. The minimum Gasteiger partial charge on any atom is -0.660 e. The Morgan fingerprint density at radius 2 is 1.90 bits per heavy atom. The fraction of sp³-hybridized carbons (Fsp3) is 0.552. The van der Waals surface area contributed by atoms with E-state index in [1.165, 1.54) is 37.3 Å². The minimum atomic E-state index is -2.77. The van der Waals surface area contributed by atoms with Crippen LogP contribution in [0.5, 0.6) is 5.75 Å². The second kappa shape index (κ2) is 17.7. The van der Waals surface area contributed by atoms with E-state index >= 15 is 0 Å². The Hall–Kier alpha value is -1.30. The molecule has 3 unspecified atom stereocenters. The summed E-state index contributed by atoms with van der Waals surface area (Å²) in [5.41, 5.74) is 6.49. The summed E-state index contributed by atoms with van der Waals surface area (Å²) < 4.78 is 32.6. The van der Waals surface area contributed by atoms with E-state index in [1.54, 1.807) is 18.0 Å². The largest absolute Gasteiger partial charge is 1.00 e. The van der Waals surface area contributed by atoms with Gasteiger partial charge in [-0.15, -0.1) is 17.4 Å². The Balaban J connectivity index is 0.00000192. The first-order chi connectivity index (χ1) is 19.3. The van der Waals surface area contributed by atoms with E-state index in [0.717, 1.165) is 25.7 Å². The number of halogens is 2. The summed E-state index contributed by atoms with van der Waals surface area (Å²) in [5, 5.41) is 7.57. The topological polar surface area (TPSA) is 107 Å². The van der Waals surface area contributed by atoms with Crippen LogP contribution < -0.4 is 72.1 Å². The predicted octanol–water partition coefficient (Wildman–Crippen LogP) is 3.21. The summed E-state index contributed by atoms with van der Waals surface area (Å²) in [6.45, 7) is 6.65. The van der Waals surface area contributed by atoms with Crippen molar-refractivity contribution in [3.63, 3.8) is 0 Å². The molecule has 3 atom stereocenters. The van der Waals surface area contributed by atoms with Crippen LogP contribution in [0.1, 0.15) is 65.0 Å². The molecule has 1 aliphatic heterocycles. The molecule has 3 N–H and O–H groups in total. The van der Waals surface area contributed by atoms with Gasteiger partial charge in [0.05, 0.1) is 13.3 Å². The zero-order valence-electron chi connectivity index (χ0n) is 24.8. The first-order valence-electron chi connectivity index (χ1n) is 13.7. The van der Waals surface area contributed by atoms with Crippen LogP contribution in [-0.2, 0) is 4.79 Å². The standard InChI is InChI=1S/C27H33F2N6O2S.C2H6.K/c1-16-4-9-25(36)35(11-10-16)23-13-18(19-12-20(26(28)29)32-15-22(19)37-3)21(14-33-23)34-27(30)38-24(31-2)8-7-17-5-6-17;1-2;/h12-17,24,26-27,31H,4-6,9-11,30H2,1-3H3;1-2H3;/q-1;;+1. The molecule has 1 amide bonds. The number of hydrogen-bond acceptors (Lipinski definition) is 7. The average molecular weight is 613 g/mol. The molecule has 218 valence electrons. The van der Waals surface area contributed by atoms with Crippen LogP contribution in [0.15, 0.2) is 24.5 Å². The Morgan fingerprint density at radius 3 is 2.54 bits per heavy atom. The summed E-state index contributed by atoms with van der Waals surface area (Å²) in [6, 6.07) is 2.98. The van der Waals surface area contributed by atoms with Gasteiger partial charge in [-0.05, 0) is 61.8 Å². The van der Waals surface area contributed by atoms with Crippen molar-refractivity contribution >= 4 is 29.2 Å². The second-order valence-corrected chi connectivity index (χ2v) is 10.8. The molecule has 41 heavy (non-hydrogen) atoms. The molecule has 2 aliphatic rings. The van der Waals surface area contributed by atoms with Crippen LogP contribution in [0, 0.1) is 23.7 Å². The molecular weight excluding hydrogens is 574 g/mol. The van der Waals surface area contributed by atoms with Crippen molar-refractivity contribution in [1.82, 2.24) is 15.3 Å². The third kappa shape index (κ3) is 10.4. The molecule has 2 aromatic heterocycles. The Bertz CT molecular complexity index is 1210. The fourth-order valence-electron chi connectivity index (χ4n) is 4.12. The van der Waals surface area contributed by atoms with Gasteiger partial charge in [0.25, 0.3) is 6.43 Å². The molecule has 1 saturated heterocycles. The van der Waals surface area contributed by atoms with Crippen molar-refractivity contribution < 1.29 is 69.7 Å². The number of anilines is 1. The number of amides is 1. The molecule has 0 bridgehead atoms. The Morgan fingerprint density at radius 1 is 1.17 bits per heavy atom. The first kappa shape index (κ1) is 35.9.